The van der Waals surface area contributed by atoms with Gasteiger partial charge < -0.3 is 10.1 Å². The molecule has 0 saturated heterocycles. The molecule has 1 amide bonds. The molecule has 0 bridgehead atoms. The zero-order valence-electron chi connectivity index (χ0n) is 16.6. The number of hydrogen-bond donors (Lipinski definition) is 1. The number of nitrogens with one attached hydrogen (secondary N) is 1. The maximum atomic E-state index is 12.7. The van der Waals surface area contributed by atoms with E-state index in [4.69, 9.17) is 9.84 Å². The predicted molar refractivity (Wildman–Crippen MR) is 121 cm³/mol. The van der Waals surface area contributed by atoms with Crippen LogP contribution in [0.4, 0.5) is 5.82 Å². The number of fused-ring (bicyclic) bond motifs is 2. The topological polar surface area (TPSA) is 56.2 Å². The number of anilines is 1. The Hall–Kier alpha value is -3.25. The minimum Gasteiger partial charge on any atom is -0.484 e. The van der Waals surface area contributed by atoms with E-state index < -0.39 is 0 Å². The first kappa shape index (κ1) is 18.8. The van der Waals surface area contributed by atoms with Gasteiger partial charge in [-0.3, -0.25) is 4.79 Å². The lowest BCUT2D eigenvalue weighted by atomic mass is 10.1. The van der Waals surface area contributed by atoms with Crippen LogP contribution in [0.3, 0.4) is 0 Å². The Morgan fingerprint density at radius 1 is 1.07 bits per heavy atom. The molecule has 0 atom stereocenters. The molecule has 6 heteroatoms. The largest absolute Gasteiger partial charge is 0.484 e. The summed E-state index contributed by atoms with van der Waals surface area (Å²) < 4.78 is 7.59. The molecule has 0 saturated carbocycles. The number of thioether (sulfide) groups is 1. The molecule has 0 aliphatic carbocycles. The zero-order valence-corrected chi connectivity index (χ0v) is 17.4. The Bertz CT molecular complexity index is 1230. The average Bonchev–Trinajstić information content (AvgIpc) is 3.35. The van der Waals surface area contributed by atoms with Crippen molar-refractivity contribution in [3.05, 3.63) is 83.6 Å². The monoisotopic (exact) mass is 415 g/mol. The van der Waals surface area contributed by atoms with Crippen LogP contribution in [0.25, 0.3) is 16.5 Å². The fraction of sp³-hybridized carbons (Fsp3) is 0.167. The molecule has 3 aromatic carbocycles. The first-order chi connectivity index (χ1) is 14.7. The highest BCUT2D eigenvalue weighted by Gasteiger charge is 2.24. The minimum absolute atomic E-state index is 0.0562. The van der Waals surface area contributed by atoms with Crippen LogP contribution in [0, 0.1) is 6.92 Å². The summed E-state index contributed by atoms with van der Waals surface area (Å²) in [5.74, 6) is 2.94. The van der Waals surface area contributed by atoms with E-state index in [1.54, 1.807) is 0 Å². The zero-order chi connectivity index (χ0) is 20.5. The number of aryl methyl sites for hydroxylation is 1. The molecule has 5 nitrogen and oxygen atoms in total. The predicted octanol–water partition coefficient (Wildman–Crippen LogP) is 5.10. The molecule has 1 aromatic heterocycles. The number of carbonyl (C=O) groups excluding carboxylic acids is 1. The van der Waals surface area contributed by atoms with E-state index in [1.165, 1.54) is 5.56 Å². The molecule has 0 spiro atoms. The van der Waals surface area contributed by atoms with Crippen molar-refractivity contribution in [2.75, 3.05) is 11.9 Å². The third-order valence-electron chi connectivity index (χ3n) is 5.18. The van der Waals surface area contributed by atoms with Crippen molar-refractivity contribution in [3.8, 4) is 11.4 Å². The molecular weight excluding hydrogens is 394 g/mol. The van der Waals surface area contributed by atoms with E-state index in [9.17, 15) is 4.79 Å². The van der Waals surface area contributed by atoms with Crippen molar-refractivity contribution in [3.63, 3.8) is 0 Å². The lowest BCUT2D eigenvalue weighted by Gasteiger charge is -2.12. The number of carbonyl (C=O) groups is 1. The van der Waals surface area contributed by atoms with Crippen LogP contribution < -0.4 is 10.1 Å². The molecule has 150 valence electrons. The van der Waals surface area contributed by atoms with Crippen LogP contribution in [0.5, 0.6) is 5.75 Å². The van der Waals surface area contributed by atoms with E-state index in [2.05, 4.69) is 18.3 Å². The number of aromatic nitrogens is 2. The molecule has 5 rings (SSSR count). The van der Waals surface area contributed by atoms with Gasteiger partial charge in [0, 0.05) is 17.1 Å². The van der Waals surface area contributed by atoms with Gasteiger partial charge in [-0.05, 0) is 42.0 Å². The third kappa shape index (κ3) is 3.66. The van der Waals surface area contributed by atoms with Gasteiger partial charge >= 0.3 is 0 Å². The van der Waals surface area contributed by atoms with Crippen molar-refractivity contribution < 1.29 is 9.53 Å². The van der Waals surface area contributed by atoms with Gasteiger partial charge in [-0.15, -0.1) is 0 Å². The molecule has 0 unspecified atom stereocenters. The quantitative estimate of drug-likeness (QED) is 0.493. The summed E-state index contributed by atoms with van der Waals surface area (Å²) >= 11 is 1.81. The van der Waals surface area contributed by atoms with E-state index >= 15 is 0 Å². The van der Waals surface area contributed by atoms with Crippen LogP contribution in [0.15, 0.2) is 66.7 Å². The first-order valence-electron chi connectivity index (χ1n) is 9.84. The van der Waals surface area contributed by atoms with Crippen LogP contribution >= 0.6 is 11.8 Å². The van der Waals surface area contributed by atoms with Gasteiger partial charge in [0.1, 0.15) is 11.6 Å². The second kappa shape index (κ2) is 7.88. The van der Waals surface area contributed by atoms with Gasteiger partial charge in [0.15, 0.2) is 6.61 Å². The van der Waals surface area contributed by atoms with E-state index in [0.29, 0.717) is 5.75 Å². The molecule has 2 heterocycles. The summed E-state index contributed by atoms with van der Waals surface area (Å²) in [7, 11) is 0. The molecule has 0 radical (unpaired) electrons. The number of nitrogens with zero attached hydrogens (tertiary/aromatic N) is 2. The van der Waals surface area contributed by atoms with E-state index in [-0.39, 0.29) is 12.5 Å². The lowest BCUT2D eigenvalue weighted by Crippen LogP contribution is -2.22. The summed E-state index contributed by atoms with van der Waals surface area (Å²) in [6.45, 7) is 2.00. The fourth-order valence-corrected chi connectivity index (χ4v) is 4.62. The smallest absolute Gasteiger partial charge is 0.263 e. The van der Waals surface area contributed by atoms with Crippen molar-refractivity contribution in [1.82, 2.24) is 9.78 Å². The highest BCUT2D eigenvalue weighted by molar-refractivity contribution is 7.98. The normalized spacial score (nSPS) is 12.7. The summed E-state index contributed by atoms with van der Waals surface area (Å²) in [5, 5.41) is 10.00. The average molecular weight is 416 g/mol. The number of amides is 1. The summed E-state index contributed by atoms with van der Waals surface area (Å²) in [4.78, 5) is 12.7. The molecule has 1 N–H and O–H groups in total. The van der Waals surface area contributed by atoms with Crippen molar-refractivity contribution in [2.24, 2.45) is 0 Å². The Morgan fingerprint density at radius 2 is 1.87 bits per heavy atom. The Labute approximate surface area is 179 Å². The third-order valence-corrected chi connectivity index (χ3v) is 6.15. The van der Waals surface area contributed by atoms with Crippen molar-refractivity contribution >= 4 is 34.3 Å². The summed E-state index contributed by atoms with van der Waals surface area (Å²) in [6, 6.07) is 22.1. The van der Waals surface area contributed by atoms with Crippen LogP contribution in [0.2, 0.25) is 0 Å². The Kier molecular flexibility index (Phi) is 4.93. The van der Waals surface area contributed by atoms with Gasteiger partial charge in [0.2, 0.25) is 0 Å². The summed E-state index contributed by atoms with van der Waals surface area (Å²) in [5.41, 5.74) is 4.25. The number of benzene rings is 3. The van der Waals surface area contributed by atoms with Crippen molar-refractivity contribution in [2.45, 2.75) is 18.4 Å². The van der Waals surface area contributed by atoms with Gasteiger partial charge in [0.25, 0.3) is 5.91 Å². The Balaban J connectivity index is 1.34. The number of hydrogen-bond acceptors (Lipinski definition) is 4. The van der Waals surface area contributed by atoms with Crippen LogP contribution in [0.1, 0.15) is 16.8 Å². The fourth-order valence-electron chi connectivity index (χ4n) is 3.59. The molecule has 1 aliphatic rings. The highest BCUT2D eigenvalue weighted by Crippen LogP contribution is 2.36. The van der Waals surface area contributed by atoms with Gasteiger partial charge in [-0.25, -0.2) is 4.68 Å². The molecule has 0 fully saturated rings. The van der Waals surface area contributed by atoms with Crippen LogP contribution in [-0.2, 0) is 16.3 Å². The van der Waals surface area contributed by atoms with E-state index in [0.717, 1.165) is 45.0 Å². The minimum atomic E-state index is -0.198. The number of ether oxygens (including phenoxy) is 1. The SMILES string of the molecule is Cc1ccc(-n2nc3c(c2NC(=O)COc2ccc4ccccc4c2)CSC3)cc1. The molecule has 30 heavy (non-hydrogen) atoms. The standard InChI is InChI=1S/C24H21N3O2S/c1-16-6-9-19(10-7-16)27-24(21-14-30-15-22(21)26-27)25-23(28)13-29-20-11-8-17-4-2-3-5-18(17)12-20/h2-12H,13-15H2,1H3,(H,25,28). The molecule has 4 aromatic rings. The summed E-state index contributed by atoms with van der Waals surface area (Å²) in [6.07, 6.45) is 0. The maximum Gasteiger partial charge on any atom is 0.263 e. The lowest BCUT2D eigenvalue weighted by molar-refractivity contribution is -0.118. The van der Waals surface area contributed by atoms with E-state index in [1.807, 2.05) is 77.1 Å². The second-order valence-electron chi connectivity index (χ2n) is 7.36. The van der Waals surface area contributed by atoms with Gasteiger partial charge in [-0.1, -0.05) is 48.0 Å². The van der Waals surface area contributed by atoms with Crippen LogP contribution in [-0.4, -0.2) is 22.3 Å². The molecule has 1 aliphatic heterocycles. The van der Waals surface area contributed by atoms with Gasteiger partial charge in [-0.2, -0.15) is 16.9 Å². The maximum absolute atomic E-state index is 12.7. The van der Waals surface area contributed by atoms with Crippen molar-refractivity contribution in [1.29, 1.82) is 0 Å². The second-order valence-corrected chi connectivity index (χ2v) is 8.35. The van der Waals surface area contributed by atoms with Gasteiger partial charge in [0.05, 0.1) is 11.4 Å². The molecular formula is C24H21N3O2S. The Morgan fingerprint density at radius 3 is 2.70 bits per heavy atom. The number of rotatable bonds is 5. The highest BCUT2D eigenvalue weighted by atomic mass is 32.2. The first-order valence-corrected chi connectivity index (χ1v) is 11.0.